The number of hydrogen-bond acceptors (Lipinski definition) is 3. The Kier molecular flexibility index (Phi) is 7.66. The molecule has 0 saturated carbocycles. The molecule has 0 atom stereocenters. The molecule has 6 heteroatoms. The fraction of sp³-hybridized carbons (Fsp3) is 0.143. The van der Waals surface area contributed by atoms with Crippen LogP contribution in [0.5, 0.6) is 5.75 Å². The number of benzene rings is 2. The van der Waals surface area contributed by atoms with Crippen molar-refractivity contribution in [3.63, 3.8) is 0 Å². The molecule has 0 bridgehead atoms. The molecule has 2 rings (SSSR count). The van der Waals surface area contributed by atoms with Crippen molar-refractivity contribution in [2.45, 2.75) is 6.92 Å². The molecule has 0 aromatic heterocycles. The maximum absolute atomic E-state index is 12.0. The third-order valence-electron chi connectivity index (χ3n) is 3.44. The van der Waals surface area contributed by atoms with E-state index in [9.17, 15) is 9.59 Å². The molecule has 0 aliphatic carbocycles. The van der Waals surface area contributed by atoms with Crippen molar-refractivity contribution >= 4 is 29.4 Å². The van der Waals surface area contributed by atoms with Gasteiger partial charge in [-0.1, -0.05) is 18.2 Å². The molecule has 0 aliphatic heterocycles. The largest absolute Gasteiger partial charge is 0.494 e. The van der Waals surface area contributed by atoms with Gasteiger partial charge in [0, 0.05) is 24.0 Å². The zero-order chi connectivity index (χ0) is 19.5. The Morgan fingerprint density at radius 2 is 1.63 bits per heavy atom. The van der Waals surface area contributed by atoms with E-state index in [4.69, 9.17) is 4.74 Å². The van der Waals surface area contributed by atoms with Gasteiger partial charge in [-0.25, -0.2) is 4.79 Å². The maximum atomic E-state index is 12.0. The molecular formula is C21H23N3O3. The van der Waals surface area contributed by atoms with Crippen LogP contribution >= 0.6 is 0 Å². The molecule has 0 unspecified atom stereocenters. The van der Waals surface area contributed by atoms with E-state index in [2.05, 4.69) is 22.5 Å². The standard InChI is InChI=1S/C21H23N3O3/c1-3-15-22-21(26)24-18-10-8-17(9-11-18)23-20(25)14-7-16-5-12-19(13-6-16)27-4-2/h3,5-14H,1,4,15H2,2H3,(H,23,25)(H2,22,24,26)/b14-7+. The number of nitrogens with one attached hydrogen (secondary N) is 3. The third-order valence-corrected chi connectivity index (χ3v) is 3.44. The van der Waals surface area contributed by atoms with Crippen LogP contribution in [0.25, 0.3) is 6.08 Å². The van der Waals surface area contributed by atoms with E-state index in [1.165, 1.54) is 6.08 Å². The van der Waals surface area contributed by atoms with Crippen LogP contribution in [0.3, 0.4) is 0 Å². The third kappa shape index (κ3) is 7.07. The smallest absolute Gasteiger partial charge is 0.319 e. The average molecular weight is 365 g/mol. The van der Waals surface area contributed by atoms with Gasteiger partial charge in [0.05, 0.1) is 6.61 Å². The minimum absolute atomic E-state index is 0.242. The number of carbonyl (C=O) groups excluding carboxylic acids is 2. The Hall–Kier alpha value is -3.54. The van der Waals surface area contributed by atoms with Gasteiger partial charge in [0.15, 0.2) is 0 Å². The first-order valence-corrected chi connectivity index (χ1v) is 8.58. The number of carbonyl (C=O) groups is 2. The Balaban J connectivity index is 1.86. The van der Waals surface area contributed by atoms with Crippen LogP contribution in [0.4, 0.5) is 16.2 Å². The fourth-order valence-corrected chi connectivity index (χ4v) is 2.17. The van der Waals surface area contributed by atoms with Gasteiger partial charge >= 0.3 is 6.03 Å². The second-order valence-electron chi connectivity index (χ2n) is 5.53. The number of amides is 3. The maximum Gasteiger partial charge on any atom is 0.319 e. The molecule has 140 valence electrons. The minimum atomic E-state index is -0.315. The highest BCUT2D eigenvalue weighted by Gasteiger charge is 2.02. The van der Waals surface area contributed by atoms with Gasteiger partial charge in [0.25, 0.3) is 0 Å². The highest BCUT2D eigenvalue weighted by molar-refractivity contribution is 6.02. The van der Waals surface area contributed by atoms with Crippen LogP contribution in [0.2, 0.25) is 0 Å². The van der Waals surface area contributed by atoms with Crippen LogP contribution in [0.1, 0.15) is 12.5 Å². The molecule has 0 spiro atoms. The second kappa shape index (κ2) is 10.5. The molecule has 6 nitrogen and oxygen atoms in total. The first-order chi connectivity index (χ1) is 13.1. The number of hydrogen-bond donors (Lipinski definition) is 3. The second-order valence-corrected chi connectivity index (χ2v) is 5.53. The summed E-state index contributed by atoms with van der Waals surface area (Å²) < 4.78 is 5.38. The average Bonchev–Trinajstić information content (AvgIpc) is 2.67. The van der Waals surface area contributed by atoms with Gasteiger partial charge in [-0.15, -0.1) is 6.58 Å². The van der Waals surface area contributed by atoms with E-state index in [0.717, 1.165) is 11.3 Å². The fourth-order valence-electron chi connectivity index (χ4n) is 2.17. The molecule has 0 heterocycles. The molecule has 27 heavy (non-hydrogen) atoms. The van der Waals surface area contributed by atoms with E-state index in [-0.39, 0.29) is 11.9 Å². The van der Waals surface area contributed by atoms with Gasteiger partial charge in [-0.3, -0.25) is 4.79 Å². The SMILES string of the molecule is C=CCNC(=O)Nc1ccc(NC(=O)/C=C/c2ccc(OCC)cc2)cc1. The van der Waals surface area contributed by atoms with Gasteiger partial charge in [0.2, 0.25) is 5.91 Å². The van der Waals surface area contributed by atoms with Crippen molar-refractivity contribution in [2.24, 2.45) is 0 Å². The molecule has 3 N–H and O–H groups in total. The van der Waals surface area contributed by atoms with Gasteiger partial charge in [-0.2, -0.15) is 0 Å². The molecular weight excluding hydrogens is 342 g/mol. The number of anilines is 2. The Morgan fingerprint density at radius 3 is 2.22 bits per heavy atom. The molecule has 0 radical (unpaired) electrons. The molecule has 2 aromatic carbocycles. The summed E-state index contributed by atoms with van der Waals surface area (Å²) in [5, 5.41) is 8.06. The number of ether oxygens (including phenoxy) is 1. The van der Waals surface area contributed by atoms with Crippen molar-refractivity contribution in [1.29, 1.82) is 0 Å². The molecule has 3 amide bonds. The Labute approximate surface area is 158 Å². The van der Waals surface area contributed by atoms with E-state index in [0.29, 0.717) is 24.5 Å². The van der Waals surface area contributed by atoms with Crippen molar-refractivity contribution in [2.75, 3.05) is 23.8 Å². The molecule has 0 saturated heterocycles. The van der Waals surface area contributed by atoms with Crippen LogP contribution in [0.15, 0.2) is 67.3 Å². The van der Waals surface area contributed by atoms with E-state index in [1.54, 1.807) is 36.4 Å². The predicted octanol–water partition coefficient (Wildman–Crippen LogP) is 4.04. The Bertz CT molecular complexity index is 796. The van der Waals surface area contributed by atoms with E-state index < -0.39 is 0 Å². The van der Waals surface area contributed by atoms with Crippen molar-refractivity contribution < 1.29 is 14.3 Å². The Morgan fingerprint density at radius 1 is 1.00 bits per heavy atom. The summed E-state index contributed by atoms with van der Waals surface area (Å²) in [6, 6.07) is 14.0. The summed E-state index contributed by atoms with van der Waals surface area (Å²) >= 11 is 0. The van der Waals surface area contributed by atoms with Gasteiger partial charge in [0.1, 0.15) is 5.75 Å². The molecule has 2 aromatic rings. The van der Waals surface area contributed by atoms with Crippen LogP contribution in [-0.2, 0) is 4.79 Å². The number of urea groups is 1. The van der Waals surface area contributed by atoms with Crippen LogP contribution in [0, 0.1) is 0 Å². The topological polar surface area (TPSA) is 79.5 Å². The summed E-state index contributed by atoms with van der Waals surface area (Å²) in [4.78, 5) is 23.6. The lowest BCUT2D eigenvalue weighted by Crippen LogP contribution is -2.28. The summed E-state index contributed by atoms with van der Waals surface area (Å²) in [5.41, 5.74) is 2.16. The summed E-state index contributed by atoms with van der Waals surface area (Å²) in [7, 11) is 0. The quantitative estimate of drug-likeness (QED) is 0.488. The van der Waals surface area contributed by atoms with Crippen molar-refractivity contribution in [3.05, 3.63) is 72.8 Å². The normalized spacial score (nSPS) is 10.3. The lowest BCUT2D eigenvalue weighted by atomic mass is 10.2. The molecule has 0 aliphatic rings. The monoisotopic (exact) mass is 365 g/mol. The number of rotatable bonds is 8. The van der Waals surface area contributed by atoms with E-state index >= 15 is 0 Å². The summed E-state index contributed by atoms with van der Waals surface area (Å²) in [6.07, 6.45) is 4.79. The summed E-state index contributed by atoms with van der Waals surface area (Å²) in [6.45, 7) is 6.47. The first kappa shape index (κ1) is 19.8. The van der Waals surface area contributed by atoms with Crippen LogP contribution in [-0.4, -0.2) is 25.1 Å². The van der Waals surface area contributed by atoms with Crippen LogP contribution < -0.4 is 20.7 Å². The van der Waals surface area contributed by atoms with Gasteiger partial charge < -0.3 is 20.7 Å². The zero-order valence-electron chi connectivity index (χ0n) is 15.2. The first-order valence-electron chi connectivity index (χ1n) is 8.58. The highest BCUT2D eigenvalue weighted by Crippen LogP contribution is 2.15. The predicted molar refractivity (Wildman–Crippen MR) is 109 cm³/mol. The lowest BCUT2D eigenvalue weighted by Gasteiger charge is -2.07. The van der Waals surface area contributed by atoms with Crippen molar-refractivity contribution in [3.8, 4) is 5.75 Å². The van der Waals surface area contributed by atoms with E-state index in [1.807, 2.05) is 31.2 Å². The molecule has 0 fully saturated rings. The zero-order valence-corrected chi connectivity index (χ0v) is 15.2. The minimum Gasteiger partial charge on any atom is -0.494 e. The summed E-state index contributed by atoms with van der Waals surface area (Å²) in [5.74, 6) is 0.555. The highest BCUT2D eigenvalue weighted by atomic mass is 16.5. The van der Waals surface area contributed by atoms with Crippen molar-refractivity contribution in [1.82, 2.24) is 5.32 Å². The van der Waals surface area contributed by atoms with Gasteiger partial charge in [-0.05, 0) is 55.0 Å². The lowest BCUT2D eigenvalue weighted by molar-refractivity contribution is -0.111.